The van der Waals surface area contributed by atoms with E-state index < -0.39 is 12.6 Å². The lowest BCUT2D eigenvalue weighted by Crippen LogP contribution is -2.28. The minimum Gasteiger partial charge on any atom is -0.481 e. The molecule has 0 heterocycles. The molecule has 0 bridgehead atoms. The summed E-state index contributed by atoms with van der Waals surface area (Å²) in [5.74, 6) is -0.586. The maximum atomic E-state index is 10.4. The molecule has 0 atom stereocenters. The molecule has 0 aliphatic carbocycles. The van der Waals surface area contributed by atoms with Crippen molar-refractivity contribution in [2.45, 2.75) is 0 Å². The Morgan fingerprint density at radius 1 is 1.56 bits per heavy atom. The van der Waals surface area contributed by atoms with Crippen LogP contribution in [0.4, 0.5) is 0 Å². The zero-order valence-corrected chi connectivity index (χ0v) is 10.5. The molecule has 0 saturated carbocycles. The molecule has 1 aromatic rings. The molecule has 0 unspecified atom stereocenters. The highest BCUT2D eigenvalue weighted by molar-refractivity contribution is 7.80. The van der Waals surface area contributed by atoms with Crippen LogP contribution in [0.15, 0.2) is 29.4 Å². The van der Waals surface area contributed by atoms with Crippen LogP contribution in [0.25, 0.3) is 0 Å². The number of hydrogen-bond donors (Lipinski definition) is 3. The van der Waals surface area contributed by atoms with Crippen molar-refractivity contribution in [3.05, 3.63) is 29.8 Å². The molecule has 0 aliphatic rings. The topological polar surface area (TPSA) is 83.0 Å². The van der Waals surface area contributed by atoms with Gasteiger partial charge in [-0.15, -0.1) is 0 Å². The molecule has 7 heteroatoms. The minimum absolute atomic E-state index is 0.384. The van der Waals surface area contributed by atoms with Crippen LogP contribution in [-0.4, -0.2) is 36.1 Å². The lowest BCUT2D eigenvalue weighted by atomic mass is 10.2. The molecule has 0 amide bonds. The third-order valence-corrected chi connectivity index (χ3v) is 2.16. The van der Waals surface area contributed by atoms with Crippen molar-refractivity contribution >= 4 is 29.5 Å². The standard InChI is InChI=1S/C11H13N3O3S/c1-12-11(18)14-13-6-8-4-2-3-5-9(8)17-7-10(15)16/h2-6H,7H2,1H3,(H,15,16)(H2,12,14,18)/b13-6-. The highest BCUT2D eigenvalue weighted by atomic mass is 32.1. The molecular weight excluding hydrogens is 254 g/mol. The second-order valence-corrected chi connectivity index (χ2v) is 3.58. The molecule has 0 spiro atoms. The fraction of sp³-hybridized carbons (Fsp3) is 0.182. The van der Waals surface area contributed by atoms with E-state index in [2.05, 4.69) is 15.8 Å². The molecule has 3 N–H and O–H groups in total. The first-order valence-corrected chi connectivity index (χ1v) is 5.48. The third-order valence-electron chi connectivity index (χ3n) is 1.87. The molecule has 96 valence electrons. The number of carboxylic acids is 1. The van der Waals surface area contributed by atoms with Gasteiger partial charge < -0.3 is 15.2 Å². The summed E-state index contributed by atoms with van der Waals surface area (Å²) >= 11 is 4.84. The highest BCUT2D eigenvalue weighted by Crippen LogP contribution is 2.15. The number of benzene rings is 1. The number of hydrazone groups is 1. The van der Waals surface area contributed by atoms with Gasteiger partial charge in [-0.2, -0.15) is 5.10 Å². The summed E-state index contributed by atoms with van der Waals surface area (Å²) in [5, 5.41) is 15.5. The fourth-order valence-corrected chi connectivity index (χ4v) is 1.13. The Hall–Kier alpha value is -2.15. The molecule has 1 rings (SSSR count). The second kappa shape index (κ2) is 7.23. The summed E-state index contributed by atoms with van der Waals surface area (Å²) in [7, 11) is 1.68. The first-order valence-electron chi connectivity index (χ1n) is 5.08. The van der Waals surface area contributed by atoms with Crippen LogP contribution in [0, 0.1) is 0 Å². The Kier molecular flexibility index (Phi) is 5.59. The van der Waals surface area contributed by atoms with Gasteiger partial charge in [-0.1, -0.05) is 12.1 Å². The normalized spacial score (nSPS) is 10.1. The van der Waals surface area contributed by atoms with Gasteiger partial charge in [0.2, 0.25) is 0 Å². The molecule has 0 fully saturated rings. The largest absolute Gasteiger partial charge is 0.481 e. The van der Waals surface area contributed by atoms with Crippen molar-refractivity contribution in [3.8, 4) is 5.75 Å². The fourth-order valence-electron chi connectivity index (χ4n) is 1.07. The molecule has 18 heavy (non-hydrogen) atoms. The predicted octanol–water partition coefficient (Wildman–Crippen LogP) is 0.578. The maximum absolute atomic E-state index is 10.4. The van der Waals surface area contributed by atoms with E-state index in [0.717, 1.165) is 0 Å². The number of carbonyl (C=O) groups is 1. The number of carboxylic acid groups (broad SMARTS) is 1. The summed E-state index contributed by atoms with van der Waals surface area (Å²) in [6.45, 7) is -0.396. The summed E-state index contributed by atoms with van der Waals surface area (Å²) in [6.07, 6.45) is 1.50. The van der Waals surface area contributed by atoms with Crippen LogP contribution in [0.1, 0.15) is 5.56 Å². The number of para-hydroxylation sites is 1. The van der Waals surface area contributed by atoms with Crippen molar-refractivity contribution in [2.24, 2.45) is 5.10 Å². The summed E-state index contributed by atoms with van der Waals surface area (Å²) < 4.78 is 5.12. The van der Waals surface area contributed by atoms with Gasteiger partial charge in [0, 0.05) is 12.6 Å². The van der Waals surface area contributed by atoms with E-state index >= 15 is 0 Å². The van der Waals surface area contributed by atoms with Gasteiger partial charge in [0.1, 0.15) is 5.75 Å². The van der Waals surface area contributed by atoms with Gasteiger partial charge in [-0.25, -0.2) is 4.79 Å². The minimum atomic E-state index is -1.03. The molecule has 0 aromatic heterocycles. The number of ether oxygens (including phenoxy) is 1. The number of nitrogens with one attached hydrogen (secondary N) is 2. The van der Waals surface area contributed by atoms with Crippen LogP contribution in [-0.2, 0) is 4.79 Å². The van der Waals surface area contributed by atoms with Gasteiger partial charge in [-0.05, 0) is 24.4 Å². The average molecular weight is 267 g/mol. The monoisotopic (exact) mass is 267 g/mol. The average Bonchev–Trinajstić information content (AvgIpc) is 2.37. The number of rotatable bonds is 5. The second-order valence-electron chi connectivity index (χ2n) is 3.17. The molecule has 0 saturated heterocycles. The van der Waals surface area contributed by atoms with Gasteiger partial charge in [-0.3, -0.25) is 5.43 Å². The first-order chi connectivity index (χ1) is 8.63. The van der Waals surface area contributed by atoms with Crippen LogP contribution < -0.4 is 15.5 Å². The van der Waals surface area contributed by atoms with E-state index in [4.69, 9.17) is 22.1 Å². The first kappa shape index (κ1) is 13.9. The smallest absolute Gasteiger partial charge is 0.341 e. The van der Waals surface area contributed by atoms with Crippen molar-refractivity contribution in [3.63, 3.8) is 0 Å². The summed E-state index contributed by atoms with van der Waals surface area (Å²) in [6, 6.07) is 6.97. The lowest BCUT2D eigenvalue weighted by Gasteiger charge is -2.06. The Morgan fingerprint density at radius 3 is 2.94 bits per heavy atom. The van der Waals surface area contributed by atoms with E-state index in [1.165, 1.54) is 6.21 Å². The number of hydrogen-bond acceptors (Lipinski definition) is 4. The van der Waals surface area contributed by atoms with E-state index in [0.29, 0.717) is 16.4 Å². The molecule has 6 nitrogen and oxygen atoms in total. The number of aliphatic carboxylic acids is 1. The Morgan fingerprint density at radius 2 is 2.28 bits per heavy atom. The predicted molar refractivity (Wildman–Crippen MR) is 72.0 cm³/mol. The third kappa shape index (κ3) is 4.79. The van der Waals surface area contributed by atoms with Gasteiger partial charge in [0.15, 0.2) is 11.7 Å². The van der Waals surface area contributed by atoms with Crippen LogP contribution in [0.5, 0.6) is 5.75 Å². The van der Waals surface area contributed by atoms with Crippen molar-refractivity contribution < 1.29 is 14.6 Å². The van der Waals surface area contributed by atoms with Crippen molar-refractivity contribution in [1.29, 1.82) is 0 Å². The highest BCUT2D eigenvalue weighted by Gasteiger charge is 2.03. The Bertz CT molecular complexity index is 463. The number of nitrogens with zero attached hydrogens (tertiary/aromatic N) is 1. The lowest BCUT2D eigenvalue weighted by molar-refractivity contribution is -0.139. The van der Waals surface area contributed by atoms with E-state index in [1.54, 1.807) is 31.3 Å². The van der Waals surface area contributed by atoms with Crippen molar-refractivity contribution in [2.75, 3.05) is 13.7 Å². The quantitative estimate of drug-likeness (QED) is 0.411. The summed E-state index contributed by atoms with van der Waals surface area (Å²) in [4.78, 5) is 10.4. The van der Waals surface area contributed by atoms with Crippen LogP contribution >= 0.6 is 12.2 Å². The van der Waals surface area contributed by atoms with Crippen molar-refractivity contribution in [1.82, 2.24) is 10.7 Å². The molecule has 0 radical (unpaired) electrons. The Balaban J connectivity index is 2.69. The summed E-state index contributed by atoms with van der Waals surface area (Å²) in [5.41, 5.74) is 3.25. The van der Waals surface area contributed by atoms with Gasteiger partial charge in [0.25, 0.3) is 0 Å². The van der Waals surface area contributed by atoms with E-state index in [1.807, 2.05) is 0 Å². The van der Waals surface area contributed by atoms with E-state index in [9.17, 15) is 4.79 Å². The zero-order valence-electron chi connectivity index (χ0n) is 9.71. The van der Waals surface area contributed by atoms with Crippen LogP contribution in [0.3, 0.4) is 0 Å². The SMILES string of the molecule is CNC(=S)N/N=C\c1ccccc1OCC(=O)O. The Labute approximate surface area is 110 Å². The molecule has 1 aromatic carbocycles. The van der Waals surface area contributed by atoms with Crippen LogP contribution in [0.2, 0.25) is 0 Å². The van der Waals surface area contributed by atoms with E-state index in [-0.39, 0.29) is 0 Å². The van der Waals surface area contributed by atoms with Gasteiger partial charge in [0.05, 0.1) is 6.21 Å². The van der Waals surface area contributed by atoms with Gasteiger partial charge >= 0.3 is 5.97 Å². The zero-order chi connectivity index (χ0) is 13.4. The number of thiocarbonyl (C=S) groups is 1. The molecular formula is C11H13N3O3S. The maximum Gasteiger partial charge on any atom is 0.341 e. The molecule has 0 aliphatic heterocycles.